The fraction of sp³-hybridized carbons (Fsp3) is 0.368. The van der Waals surface area contributed by atoms with E-state index in [1.165, 1.54) is 11.1 Å². The van der Waals surface area contributed by atoms with Gasteiger partial charge in [0.1, 0.15) is 5.76 Å². The number of hydrogen-bond donors (Lipinski definition) is 2. The second kappa shape index (κ2) is 9.41. The Morgan fingerprint density at radius 1 is 1.11 bits per heavy atom. The molecule has 0 radical (unpaired) electrons. The number of rotatable bonds is 8. The second-order valence-electron chi connectivity index (χ2n) is 6.41. The molecule has 28 heavy (non-hydrogen) atoms. The first-order valence-electron chi connectivity index (χ1n) is 8.88. The lowest BCUT2D eigenvalue weighted by molar-refractivity contribution is -0.144. The molecule has 1 aliphatic rings. The Morgan fingerprint density at radius 2 is 1.93 bits per heavy atom. The quantitative estimate of drug-likeness (QED) is 0.651. The summed E-state index contributed by atoms with van der Waals surface area (Å²) >= 11 is 1.09. The van der Waals surface area contributed by atoms with Crippen LogP contribution in [0.3, 0.4) is 0 Å². The van der Waals surface area contributed by atoms with Crippen molar-refractivity contribution in [1.29, 1.82) is 0 Å². The van der Waals surface area contributed by atoms with Crippen molar-refractivity contribution in [2.45, 2.75) is 26.2 Å². The van der Waals surface area contributed by atoms with E-state index in [2.05, 4.69) is 15.8 Å². The second-order valence-corrected chi connectivity index (χ2v) is 7.40. The van der Waals surface area contributed by atoms with Crippen molar-refractivity contribution in [1.82, 2.24) is 5.16 Å². The predicted molar refractivity (Wildman–Crippen MR) is 105 cm³/mol. The number of benzene rings is 1. The van der Waals surface area contributed by atoms with Crippen LogP contribution in [-0.4, -0.2) is 41.1 Å². The Balaban J connectivity index is 1.31. The molecule has 0 fully saturated rings. The number of ether oxygens (including phenoxy) is 1. The van der Waals surface area contributed by atoms with E-state index in [0.29, 0.717) is 17.3 Å². The van der Waals surface area contributed by atoms with E-state index >= 15 is 0 Å². The third-order valence-electron chi connectivity index (χ3n) is 4.10. The fourth-order valence-electron chi connectivity index (χ4n) is 2.87. The van der Waals surface area contributed by atoms with Gasteiger partial charge in [-0.3, -0.25) is 14.4 Å². The summed E-state index contributed by atoms with van der Waals surface area (Å²) in [7, 11) is 0. The minimum Gasteiger partial charge on any atom is -0.455 e. The minimum atomic E-state index is -0.556. The largest absolute Gasteiger partial charge is 0.455 e. The highest BCUT2D eigenvalue weighted by Gasteiger charge is 2.13. The number of aryl methyl sites for hydroxylation is 3. The normalized spacial score (nSPS) is 12.3. The smallest absolute Gasteiger partial charge is 0.316 e. The maximum absolute atomic E-state index is 11.9. The molecular weight excluding hydrogens is 382 g/mol. The van der Waals surface area contributed by atoms with E-state index < -0.39 is 11.9 Å². The summed E-state index contributed by atoms with van der Waals surface area (Å²) in [5, 5.41) is 8.93. The number of esters is 1. The standard InChI is InChI=1S/C19H21N3O5S/c1-12-7-16(22-27-12)21-18(24)10-28-11-19(25)26-9-17(23)20-15-6-5-13-3-2-4-14(13)8-15/h5-8H,2-4,9-11H2,1H3,(H,20,23)(H,21,22,24). The molecular formula is C19H21N3O5S. The van der Waals surface area contributed by atoms with Crippen molar-refractivity contribution in [2.24, 2.45) is 0 Å². The summed E-state index contributed by atoms with van der Waals surface area (Å²) in [6.45, 7) is 1.36. The number of carbonyl (C=O) groups excluding carboxylic acids is 3. The van der Waals surface area contributed by atoms with Crippen molar-refractivity contribution < 1.29 is 23.6 Å². The SMILES string of the molecule is Cc1cc(NC(=O)CSCC(=O)OCC(=O)Nc2ccc3c(c2)CCC3)no1. The van der Waals surface area contributed by atoms with Crippen molar-refractivity contribution in [2.75, 3.05) is 28.7 Å². The van der Waals surface area contributed by atoms with Crippen LogP contribution in [0.5, 0.6) is 0 Å². The summed E-state index contributed by atoms with van der Waals surface area (Å²) in [5.41, 5.74) is 3.28. The van der Waals surface area contributed by atoms with Gasteiger partial charge in [0.25, 0.3) is 5.91 Å². The van der Waals surface area contributed by atoms with Crippen LogP contribution in [0.4, 0.5) is 11.5 Å². The third-order valence-corrected chi connectivity index (χ3v) is 5.00. The van der Waals surface area contributed by atoms with Gasteiger partial charge < -0.3 is 19.9 Å². The van der Waals surface area contributed by atoms with Gasteiger partial charge in [0.05, 0.1) is 11.5 Å². The van der Waals surface area contributed by atoms with Gasteiger partial charge >= 0.3 is 5.97 Å². The maximum Gasteiger partial charge on any atom is 0.316 e. The highest BCUT2D eigenvalue weighted by molar-refractivity contribution is 8.00. The summed E-state index contributed by atoms with van der Waals surface area (Å²) in [6, 6.07) is 7.43. The van der Waals surface area contributed by atoms with Crippen LogP contribution in [0.2, 0.25) is 0 Å². The van der Waals surface area contributed by atoms with Crippen LogP contribution >= 0.6 is 11.8 Å². The minimum absolute atomic E-state index is 0.0304. The van der Waals surface area contributed by atoms with Crippen LogP contribution in [-0.2, 0) is 32.0 Å². The van der Waals surface area contributed by atoms with Gasteiger partial charge in [0.15, 0.2) is 12.4 Å². The number of nitrogens with zero attached hydrogens (tertiary/aromatic N) is 1. The van der Waals surface area contributed by atoms with Crippen molar-refractivity contribution in [3.05, 3.63) is 41.2 Å². The molecule has 1 aliphatic carbocycles. The zero-order valence-corrected chi connectivity index (χ0v) is 16.3. The van der Waals surface area contributed by atoms with Gasteiger partial charge in [-0.1, -0.05) is 11.2 Å². The topological polar surface area (TPSA) is 111 Å². The summed E-state index contributed by atoms with van der Waals surface area (Å²) in [6.07, 6.45) is 3.24. The number of fused-ring (bicyclic) bond motifs is 1. The number of anilines is 2. The molecule has 0 spiro atoms. The maximum atomic E-state index is 11.9. The lowest BCUT2D eigenvalue weighted by Crippen LogP contribution is -2.22. The summed E-state index contributed by atoms with van der Waals surface area (Å²) in [4.78, 5) is 35.4. The lowest BCUT2D eigenvalue weighted by Gasteiger charge is -2.08. The summed E-state index contributed by atoms with van der Waals surface area (Å²) < 4.78 is 9.78. The van der Waals surface area contributed by atoms with E-state index in [1.54, 1.807) is 13.0 Å². The van der Waals surface area contributed by atoms with Crippen LogP contribution < -0.4 is 10.6 Å². The molecule has 2 N–H and O–H groups in total. The van der Waals surface area contributed by atoms with Crippen LogP contribution in [0.25, 0.3) is 0 Å². The average Bonchev–Trinajstić information content (AvgIpc) is 3.28. The number of nitrogens with one attached hydrogen (secondary N) is 2. The van der Waals surface area contributed by atoms with Crippen molar-refractivity contribution >= 4 is 41.1 Å². The van der Waals surface area contributed by atoms with Crippen LogP contribution in [0, 0.1) is 6.92 Å². The lowest BCUT2D eigenvalue weighted by atomic mass is 10.1. The van der Waals surface area contributed by atoms with Crippen molar-refractivity contribution in [3.63, 3.8) is 0 Å². The fourth-order valence-corrected chi connectivity index (χ4v) is 3.48. The molecule has 0 saturated heterocycles. The molecule has 0 unspecified atom stereocenters. The Morgan fingerprint density at radius 3 is 2.71 bits per heavy atom. The van der Waals surface area contributed by atoms with Gasteiger partial charge in [-0.15, -0.1) is 11.8 Å². The molecule has 0 atom stereocenters. The Hall–Kier alpha value is -2.81. The zero-order valence-electron chi connectivity index (χ0n) is 15.4. The van der Waals surface area contributed by atoms with Crippen LogP contribution in [0.15, 0.2) is 28.8 Å². The molecule has 0 saturated carbocycles. The average molecular weight is 403 g/mol. The third kappa shape index (κ3) is 5.85. The monoisotopic (exact) mass is 403 g/mol. The van der Waals surface area contributed by atoms with Gasteiger partial charge in [0.2, 0.25) is 5.91 Å². The molecule has 8 nitrogen and oxygen atoms in total. The molecule has 9 heteroatoms. The van der Waals surface area contributed by atoms with E-state index in [1.807, 2.05) is 18.2 Å². The van der Waals surface area contributed by atoms with Gasteiger partial charge in [-0.2, -0.15) is 0 Å². The van der Waals surface area contributed by atoms with Crippen LogP contribution in [0.1, 0.15) is 23.3 Å². The Kier molecular flexibility index (Phi) is 6.70. The first-order chi connectivity index (χ1) is 13.5. The van der Waals surface area contributed by atoms with Gasteiger partial charge in [0, 0.05) is 11.8 Å². The first kappa shape index (κ1) is 19.9. The molecule has 0 aliphatic heterocycles. The molecule has 1 aromatic carbocycles. The molecule has 1 aromatic heterocycles. The highest BCUT2D eigenvalue weighted by atomic mass is 32.2. The number of carbonyl (C=O) groups is 3. The molecule has 1 heterocycles. The molecule has 2 amide bonds. The highest BCUT2D eigenvalue weighted by Crippen LogP contribution is 2.24. The number of hydrogen-bond acceptors (Lipinski definition) is 7. The van der Waals surface area contributed by atoms with E-state index in [9.17, 15) is 14.4 Å². The number of thioether (sulfide) groups is 1. The molecule has 148 valence electrons. The van der Waals surface area contributed by atoms with Gasteiger partial charge in [-0.05, 0) is 49.4 Å². The van der Waals surface area contributed by atoms with Gasteiger partial charge in [-0.25, -0.2) is 0 Å². The predicted octanol–water partition coefficient (Wildman–Crippen LogP) is 2.33. The number of aromatic nitrogens is 1. The van der Waals surface area contributed by atoms with Crippen molar-refractivity contribution in [3.8, 4) is 0 Å². The van der Waals surface area contributed by atoms with E-state index in [4.69, 9.17) is 9.26 Å². The summed E-state index contributed by atoms with van der Waals surface area (Å²) in [5.74, 6) is -0.312. The van der Waals surface area contributed by atoms with E-state index in [0.717, 1.165) is 31.0 Å². The molecule has 3 rings (SSSR count). The molecule has 0 bridgehead atoms. The van der Waals surface area contributed by atoms with E-state index in [-0.39, 0.29) is 24.0 Å². The number of amides is 2. The first-order valence-corrected chi connectivity index (χ1v) is 10.0. The zero-order chi connectivity index (χ0) is 19.9. The molecule has 2 aromatic rings. The Bertz CT molecular complexity index is 880. The Labute approximate surface area is 166 Å².